The Hall–Kier alpha value is -2.64. The summed E-state index contributed by atoms with van der Waals surface area (Å²) in [5, 5.41) is 11.7. The topological polar surface area (TPSA) is 97.3 Å². The van der Waals surface area contributed by atoms with Gasteiger partial charge in [-0.05, 0) is 6.42 Å². The number of nitrogens with one attached hydrogen (secondary N) is 1. The van der Waals surface area contributed by atoms with E-state index in [1.807, 2.05) is 0 Å². The van der Waals surface area contributed by atoms with Crippen LogP contribution in [0.5, 0.6) is 17.2 Å². The SMILES string of the molecule is COc1cc(OC)cc(OCCNC(=O)N2CCC(C(=O)O)C2)c1. The van der Waals surface area contributed by atoms with Crippen LogP contribution >= 0.6 is 0 Å². The number of likely N-dealkylation sites (tertiary alicyclic amines) is 1. The van der Waals surface area contributed by atoms with Gasteiger partial charge in [-0.25, -0.2) is 4.79 Å². The molecule has 24 heavy (non-hydrogen) atoms. The number of urea groups is 1. The van der Waals surface area contributed by atoms with E-state index in [0.717, 1.165) is 0 Å². The Kier molecular flexibility index (Phi) is 6.11. The van der Waals surface area contributed by atoms with Gasteiger partial charge in [0.1, 0.15) is 23.9 Å². The van der Waals surface area contributed by atoms with Crippen LogP contribution in [0.3, 0.4) is 0 Å². The fourth-order valence-corrected chi connectivity index (χ4v) is 2.45. The van der Waals surface area contributed by atoms with E-state index in [9.17, 15) is 9.59 Å². The van der Waals surface area contributed by atoms with Crippen molar-refractivity contribution in [3.8, 4) is 17.2 Å². The molecule has 2 rings (SSSR count). The molecule has 8 heteroatoms. The minimum absolute atomic E-state index is 0.245. The number of methoxy groups -OCH3 is 2. The molecular formula is C16H22N2O6. The first kappa shape index (κ1) is 17.7. The van der Waals surface area contributed by atoms with Crippen molar-refractivity contribution in [1.29, 1.82) is 0 Å². The van der Waals surface area contributed by atoms with Crippen LogP contribution in [0, 0.1) is 5.92 Å². The Balaban J connectivity index is 1.75. The molecule has 1 aliphatic heterocycles. The minimum atomic E-state index is -0.861. The smallest absolute Gasteiger partial charge is 0.317 e. The number of amides is 2. The summed E-state index contributed by atoms with van der Waals surface area (Å²) in [5.41, 5.74) is 0. The zero-order chi connectivity index (χ0) is 17.5. The van der Waals surface area contributed by atoms with Crippen LogP contribution in [0.2, 0.25) is 0 Å². The maximum absolute atomic E-state index is 12.0. The first-order valence-electron chi connectivity index (χ1n) is 7.65. The summed E-state index contributed by atoms with van der Waals surface area (Å²) in [6.45, 7) is 1.29. The fraction of sp³-hybridized carbons (Fsp3) is 0.500. The summed E-state index contributed by atoms with van der Waals surface area (Å²) in [6.07, 6.45) is 0.489. The molecule has 1 heterocycles. The van der Waals surface area contributed by atoms with Crippen LogP contribution in [-0.4, -0.2) is 62.5 Å². The van der Waals surface area contributed by atoms with Crippen LogP contribution in [-0.2, 0) is 4.79 Å². The van der Waals surface area contributed by atoms with Crippen molar-refractivity contribution in [2.24, 2.45) is 5.92 Å². The van der Waals surface area contributed by atoms with Gasteiger partial charge in [0.2, 0.25) is 0 Å². The molecule has 8 nitrogen and oxygen atoms in total. The van der Waals surface area contributed by atoms with E-state index < -0.39 is 11.9 Å². The number of rotatable bonds is 7. The normalized spacial score (nSPS) is 16.6. The zero-order valence-electron chi connectivity index (χ0n) is 13.8. The maximum Gasteiger partial charge on any atom is 0.317 e. The van der Waals surface area contributed by atoms with E-state index in [1.54, 1.807) is 32.4 Å². The highest BCUT2D eigenvalue weighted by Gasteiger charge is 2.30. The van der Waals surface area contributed by atoms with E-state index in [1.165, 1.54) is 4.90 Å². The molecule has 132 valence electrons. The maximum atomic E-state index is 12.0. The van der Waals surface area contributed by atoms with Crippen molar-refractivity contribution in [3.63, 3.8) is 0 Å². The highest BCUT2D eigenvalue weighted by molar-refractivity contribution is 5.77. The number of carboxylic acids is 1. The van der Waals surface area contributed by atoms with E-state index in [2.05, 4.69) is 5.32 Å². The van der Waals surface area contributed by atoms with Gasteiger partial charge < -0.3 is 29.5 Å². The number of ether oxygens (including phenoxy) is 3. The molecular weight excluding hydrogens is 316 g/mol. The number of nitrogens with zero attached hydrogens (tertiary/aromatic N) is 1. The molecule has 1 aliphatic rings. The lowest BCUT2D eigenvalue weighted by Gasteiger charge is -2.17. The first-order valence-corrected chi connectivity index (χ1v) is 7.65. The van der Waals surface area contributed by atoms with E-state index in [4.69, 9.17) is 19.3 Å². The fourth-order valence-electron chi connectivity index (χ4n) is 2.45. The molecule has 2 amide bonds. The molecule has 1 aromatic rings. The summed E-state index contributed by atoms with van der Waals surface area (Å²) in [6, 6.07) is 4.91. The van der Waals surface area contributed by atoms with Crippen LogP contribution < -0.4 is 19.5 Å². The average Bonchev–Trinajstić information content (AvgIpc) is 3.08. The van der Waals surface area contributed by atoms with Gasteiger partial charge in [0, 0.05) is 31.3 Å². The monoisotopic (exact) mass is 338 g/mol. The van der Waals surface area contributed by atoms with Crippen LogP contribution in [0.15, 0.2) is 18.2 Å². The van der Waals surface area contributed by atoms with Gasteiger partial charge in [0.25, 0.3) is 0 Å². The number of benzene rings is 1. The van der Waals surface area contributed by atoms with Crippen molar-refractivity contribution >= 4 is 12.0 Å². The van der Waals surface area contributed by atoms with E-state index in [0.29, 0.717) is 36.8 Å². The summed E-state index contributed by atoms with van der Waals surface area (Å²) in [7, 11) is 3.11. The predicted molar refractivity (Wildman–Crippen MR) is 85.8 cm³/mol. The lowest BCUT2D eigenvalue weighted by atomic mass is 10.1. The van der Waals surface area contributed by atoms with Crippen LogP contribution in [0.1, 0.15) is 6.42 Å². The van der Waals surface area contributed by atoms with Crippen molar-refractivity contribution in [1.82, 2.24) is 10.2 Å². The van der Waals surface area contributed by atoms with Crippen molar-refractivity contribution in [3.05, 3.63) is 18.2 Å². The second-order valence-corrected chi connectivity index (χ2v) is 5.40. The molecule has 2 N–H and O–H groups in total. The van der Waals surface area contributed by atoms with Gasteiger partial charge in [-0.3, -0.25) is 4.79 Å². The van der Waals surface area contributed by atoms with Crippen molar-refractivity contribution in [2.75, 3.05) is 40.5 Å². The number of hydrogen-bond donors (Lipinski definition) is 2. The molecule has 0 aliphatic carbocycles. The highest BCUT2D eigenvalue weighted by atomic mass is 16.5. The molecule has 0 spiro atoms. The predicted octanol–water partition coefficient (Wildman–Crippen LogP) is 1.20. The quantitative estimate of drug-likeness (QED) is 0.725. The highest BCUT2D eigenvalue weighted by Crippen LogP contribution is 2.27. The molecule has 0 aromatic heterocycles. The lowest BCUT2D eigenvalue weighted by Crippen LogP contribution is -2.40. The Morgan fingerprint density at radius 2 is 1.83 bits per heavy atom. The molecule has 1 saturated heterocycles. The zero-order valence-corrected chi connectivity index (χ0v) is 13.8. The summed E-state index contributed by atoms with van der Waals surface area (Å²) in [5.74, 6) is 0.472. The number of carbonyl (C=O) groups excluding carboxylic acids is 1. The Bertz CT molecular complexity index is 570. The first-order chi connectivity index (χ1) is 11.5. The third-order valence-electron chi connectivity index (χ3n) is 3.80. The molecule has 1 atom stereocenters. The number of aliphatic carboxylic acids is 1. The van der Waals surface area contributed by atoms with Gasteiger partial charge in [-0.15, -0.1) is 0 Å². The average molecular weight is 338 g/mol. The molecule has 1 aromatic carbocycles. The van der Waals surface area contributed by atoms with Crippen molar-refractivity contribution < 1.29 is 28.9 Å². The standard InChI is InChI=1S/C16H22N2O6/c1-22-12-7-13(23-2)9-14(8-12)24-6-4-17-16(21)18-5-3-11(10-18)15(19)20/h7-9,11H,3-6,10H2,1-2H3,(H,17,21)(H,19,20). The van der Waals surface area contributed by atoms with E-state index in [-0.39, 0.29) is 19.2 Å². The van der Waals surface area contributed by atoms with E-state index >= 15 is 0 Å². The third-order valence-corrected chi connectivity index (χ3v) is 3.80. The molecule has 1 unspecified atom stereocenters. The van der Waals surface area contributed by atoms with Gasteiger partial charge in [0.05, 0.1) is 26.7 Å². The summed E-state index contributed by atoms with van der Waals surface area (Å²) < 4.78 is 15.9. The number of carboxylic acid groups (broad SMARTS) is 1. The third kappa shape index (κ3) is 4.68. The number of carbonyl (C=O) groups is 2. The van der Waals surface area contributed by atoms with Crippen LogP contribution in [0.4, 0.5) is 4.79 Å². The second kappa shape index (κ2) is 8.28. The molecule has 0 saturated carbocycles. The van der Waals surface area contributed by atoms with Gasteiger partial charge in [-0.1, -0.05) is 0 Å². The number of hydrogen-bond acceptors (Lipinski definition) is 5. The summed E-state index contributed by atoms with van der Waals surface area (Å²) in [4.78, 5) is 24.4. The molecule has 1 fully saturated rings. The second-order valence-electron chi connectivity index (χ2n) is 5.40. The molecule has 0 bridgehead atoms. The Morgan fingerprint density at radius 1 is 1.21 bits per heavy atom. The summed E-state index contributed by atoms with van der Waals surface area (Å²) >= 11 is 0. The minimum Gasteiger partial charge on any atom is -0.496 e. The van der Waals surface area contributed by atoms with Gasteiger partial charge in [0.15, 0.2) is 0 Å². The van der Waals surface area contributed by atoms with Crippen LogP contribution in [0.25, 0.3) is 0 Å². The largest absolute Gasteiger partial charge is 0.496 e. The van der Waals surface area contributed by atoms with Gasteiger partial charge in [-0.2, -0.15) is 0 Å². The molecule has 0 radical (unpaired) electrons. The van der Waals surface area contributed by atoms with Gasteiger partial charge >= 0.3 is 12.0 Å². The Labute approximate surface area is 140 Å². The Morgan fingerprint density at radius 3 is 2.38 bits per heavy atom. The lowest BCUT2D eigenvalue weighted by molar-refractivity contribution is -0.141. The van der Waals surface area contributed by atoms with Crippen molar-refractivity contribution in [2.45, 2.75) is 6.42 Å².